The van der Waals surface area contributed by atoms with Crippen LogP contribution < -0.4 is 20.2 Å². The van der Waals surface area contributed by atoms with Gasteiger partial charge in [-0.25, -0.2) is 32.5 Å². The van der Waals surface area contributed by atoms with Crippen LogP contribution in [0.1, 0.15) is 37.3 Å². The van der Waals surface area contributed by atoms with Crippen molar-refractivity contribution in [3.63, 3.8) is 0 Å². The maximum atomic E-state index is 14.9. The van der Waals surface area contributed by atoms with E-state index in [-0.39, 0.29) is 37.1 Å². The molecule has 2 unspecified atom stereocenters. The molecule has 0 amide bonds. The molecule has 5 aromatic rings. The number of halogens is 2. The minimum absolute atomic E-state index is 0.0352. The number of nitrogens with zero attached hydrogens (tertiary/aromatic N) is 8. The summed E-state index contributed by atoms with van der Waals surface area (Å²) in [7, 11) is 0. The largest absolute Gasteiger partial charge is 0.491 e. The number of hydrogen-bond acceptors (Lipinski definition) is 9. The summed E-state index contributed by atoms with van der Waals surface area (Å²) >= 11 is 0. The Kier molecular flexibility index (Phi) is 8.79. The molecule has 2 atom stereocenters. The van der Waals surface area contributed by atoms with Gasteiger partial charge in [-0.15, -0.1) is 0 Å². The van der Waals surface area contributed by atoms with E-state index in [0.29, 0.717) is 5.75 Å². The maximum Gasteiger partial charge on any atom is 0.350 e. The molecule has 0 radical (unpaired) electrons. The van der Waals surface area contributed by atoms with Gasteiger partial charge in [0.2, 0.25) is 5.79 Å². The number of ether oxygens (including phenoxy) is 3. The Morgan fingerprint density at radius 1 is 0.840 bits per heavy atom. The Labute approximate surface area is 287 Å². The van der Waals surface area contributed by atoms with Gasteiger partial charge in [0.05, 0.1) is 18.3 Å². The summed E-state index contributed by atoms with van der Waals surface area (Å²) in [4.78, 5) is 21.6. The van der Waals surface area contributed by atoms with Crippen molar-refractivity contribution < 1.29 is 23.0 Å². The minimum atomic E-state index is -1.51. The van der Waals surface area contributed by atoms with E-state index in [1.54, 1.807) is 15.6 Å². The van der Waals surface area contributed by atoms with E-state index in [0.717, 1.165) is 75.0 Å². The van der Waals surface area contributed by atoms with Gasteiger partial charge in [-0.2, -0.15) is 10.2 Å². The second kappa shape index (κ2) is 13.7. The van der Waals surface area contributed by atoms with Crippen LogP contribution in [-0.2, 0) is 21.8 Å². The Morgan fingerprint density at radius 3 is 2.18 bits per heavy atom. The molecule has 2 aromatic heterocycles. The third-order valence-electron chi connectivity index (χ3n) is 9.81. The number of aromatic nitrogens is 6. The van der Waals surface area contributed by atoms with Crippen molar-refractivity contribution in [2.75, 3.05) is 49.2 Å². The van der Waals surface area contributed by atoms with Crippen molar-refractivity contribution >= 4 is 11.4 Å². The molecular weight excluding hydrogens is 646 g/mol. The molecule has 0 bridgehead atoms. The van der Waals surface area contributed by atoms with Gasteiger partial charge in [0.25, 0.3) is 0 Å². The van der Waals surface area contributed by atoms with Gasteiger partial charge in [-0.05, 0) is 73.5 Å². The molecule has 0 spiro atoms. The van der Waals surface area contributed by atoms with E-state index in [1.165, 1.54) is 29.5 Å². The molecule has 3 aliphatic rings. The molecule has 3 fully saturated rings. The van der Waals surface area contributed by atoms with Crippen molar-refractivity contribution in [3.8, 4) is 11.4 Å². The van der Waals surface area contributed by atoms with E-state index in [9.17, 15) is 13.6 Å². The highest BCUT2D eigenvalue weighted by Crippen LogP contribution is 2.38. The first kappa shape index (κ1) is 32.1. The van der Waals surface area contributed by atoms with Crippen molar-refractivity contribution in [3.05, 3.63) is 113 Å². The van der Waals surface area contributed by atoms with Gasteiger partial charge in [0.15, 0.2) is 0 Å². The van der Waals surface area contributed by atoms with Crippen molar-refractivity contribution in [1.82, 2.24) is 29.1 Å². The zero-order valence-corrected chi connectivity index (χ0v) is 27.5. The molecule has 260 valence electrons. The molecule has 3 aromatic carbocycles. The maximum absolute atomic E-state index is 14.9. The van der Waals surface area contributed by atoms with Gasteiger partial charge in [-0.1, -0.05) is 12.8 Å². The fourth-order valence-electron chi connectivity index (χ4n) is 7.16. The number of benzene rings is 3. The van der Waals surface area contributed by atoms with Crippen LogP contribution in [-0.4, -0.2) is 74.6 Å². The third kappa shape index (κ3) is 6.48. The lowest BCUT2D eigenvalue weighted by Gasteiger charge is -2.37. The second-order valence-electron chi connectivity index (χ2n) is 13.0. The third-order valence-corrected chi connectivity index (χ3v) is 9.81. The average molecular weight is 685 g/mol. The van der Waals surface area contributed by atoms with Crippen LogP contribution in [0, 0.1) is 11.6 Å². The Morgan fingerprint density at radius 2 is 1.52 bits per heavy atom. The summed E-state index contributed by atoms with van der Waals surface area (Å²) in [6, 6.07) is 19.6. The lowest BCUT2D eigenvalue weighted by Crippen LogP contribution is -2.46. The number of rotatable bonds is 10. The summed E-state index contributed by atoms with van der Waals surface area (Å²) in [5.41, 5.74) is 3.06. The molecule has 2 saturated heterocycles. The number of piperazine rings is 1. The Balaban J connectivity index is 0.846. The molecule has 1 saturated carbocycles. The summed E-state index contributed by atoms with van der Waals surface area (Å²) in [6.07, 6.45) is 8.32. The van der Waals surface area contributed by atoms with Crippen LogP contribution in [0.25, 0.3) is 5.69 Å². The monoisotopic (exact) mass is 684 g/mol. The number of anilines is 2. The van der Waals surface area contributed by atoms with Crippen LogP contribution in [0.5, 0.6) is 5.75 Å². The van der Waals surface area contributed by atoms with E-state index < -0.39 is 23.5 Å². The van der Waals surface area contributed by atoms with Gasteiger partial charge in [-0.3, -0.25) is 0 Å². The zero-order chi connectivity index (χ0) is 34.1. The van der Waals surface area contributed by atoms with Crippen LogP contribution in [0.2, 0.25) is 0 Å². The standard InChI is InChI=1S/C36H38F2N8O4/c37-26-5-14-33(34(38)19-26)36(22-44-24-39-23-40-44)49-21-32(50-36)20-48-31-12-10-28(11-13-31)43-17-15-42(16-18-43)27-6-8-29(9-7-27)45-25-41-46(35(45)47)30-3-1-2-4-30/h5-14,19,23-25,30,32H,1-4,15-18,20-22H2. The predicted octanol–water partition coefficient (Wildman–Crippen LogP) is 4.69. The van der Waals surface area contributed by atoms with Gasteiger partial charge < -0.3 is 24.0 Å². The summed E-state index contributed by atoms with van der Waals surface area (Å²) in [6.45, 7) is 3.81. The molecule has 0 N–H and O–H groups in total. The minimum Gasteiger partial charge on any atom is -0.491 e. The smallest absolute Gasteiger partial charge is 0.350 e. The zero-order valence-electron chi connectivity index (χ0n) is 27.5. The molecule has 4 heterocycles. The van der Waals surface area contributed by atoms with Crippen molar-refractivity contribution in [2.24, 2.45) is 0 Å². The first-order valence-electron chi connectivity index (χ1n) is 17.0. The van der Waals surface area contributed by atoms with E-state index in [1.807, 2.05) is 36.4 Å². The molecule has 12 nitrogen and oxygen atoms in total. The lowest BCUT2D eigenvalue weighted by molar-refractivity contribution is -0.192. The molecule has 8 rings (SSSR count). The van der Waals surface area contributed by atoms with Crippen LogP contribution >= 0.6 is 0 Å². The Hall–Kier alpha value is -5.08. The normalized spacial score (nSPS) is 21.3. The topological polar surface area (TPSA) is 105 Å². The van der Waals surface area contributed by atoms with Gasteiger partial charge in [0.1, 0.15) is 55.6 Å². The molecule has 1 aliphatic carbocycles. The highest BCUT2D eigenvalue weighted by atomic mass is 19.1. The highest BCUT2D eigenvalue weighted by molar-refractivity contribution is 5.54. The second-order valence-corrected chi connectivity index (χ2v) is 13.0. The summed E-state index contributed by atoms with van der Waals surface area (Å²) in [5.74, 6) is -2.29. The van der Waals surface area contributed by atoms with E-state index in [4.69, 9.17) is 14.2 Å². The molecule has 2 aliphatic heterocycles. The van der Waals surface area contributed by atoms with Crippen molar-refractivity contribution in [2.45, 2.75) is 50.2 Å². The van der Waals surface area contributed by atoms with Gasteiger partial charge >= 0.3 is 5.69 Å². The Bertz CT molecular complexity index is 1950. The van der Waals surface area contributed by atoms with Crippen LogP contribution in [0.15, 0.2) is 90.5 Å². The molecular formula is C36H38F2N8O4. The first-order valence-corrected chi connectivity index (χ1v) is 17.0. The van der Waals surface area contributed by atoms with Crippen molar-refractivity contribution in [1.29, 1.82) is 0 Å². The van der Waals surface area contributed by atoms with E-state index in [2.05, 4.69) is 37.1 Å². The molecule has 14 heteroatoms. The molecule has 50 heavy (non-hydrogen) atoms. The van der Waals surface area contributed by atoms with E-state index >= 15 is 0 Å². The fraction of sp³-hybridized carbons (Fsp3) is 0.389. The highest BCUT2D eigenvalue weighted by Gasteiger charge is 2.46. The van der Waals surface area contributed by atoms with Gasteiger partial charge in [0, 0.05) is 49.2 Å². The van der Waals surface area contributed by atoms with Crippen LogP contribution in [0.4, 0.5) is 20.2 Å². The average Bonchev–Trinajstić information content (AvgIpc) is 3.97. The predicted molar refractivity (Wildman–Crippen MR) is 181 cm³/mol. The lowest BCUT2D eigenvalue weighted by atomic mass is 10.0. The summed E-state index contributed by atoms with van der Waals surface area (Å²) in [5, 5.41) is 8.50. The quantitative estimate of drug-likeness (QED) is 0.207. The first-order chi connectivity index (χ1) is 24.4. The van der Waals surface area contributed by atoms with Crippen LogP contribution in [0.3, 0.4) is 0 Å². The summed E-state index contributed by atoms with van der Waals surface area (Å²) < 4.78 is 51.6. The SMILES string of the molecule is O=c1n(-c2ccc(N3CCN(c4ccc(OCC5COC(Cn6cncn6)(c6ccc(F)cc6F)O5)cc4)CC3)cc2)cnn1C1CCCC1. The number of hydrogen-bond donors (Lipinski definition) is 0. The fourth-order valence-corrected chi connectivity index (χ4v) is 7.16.